The Hall–Kier alpha value is -3.75. The lowest BCUT2D eigenvalue weighted by molar-refractivity contribution is 0.0963. The smallest absolute Gasteiger partial charge is 0.251 e. The average Bonchev–Trinajstić information content (AvgIpc) is 2.79. The topological polar surface area (TPSA) is 92.3 Å². The Morgan fingerprint density at radius 2 is 1.94 bits per heavy atom. The second-order valence-electron chi connectivity index (χ2n) is 7.16. The third kappa shape index (κ3) is 5.25. The minimum atomic E-state index is -0.305. The number of amides is 1. The van der Waals surface area contributed by atoms with Gasteiger partial charge in [0.1, 0.15) is 24.0 Å². The van der Waals surface area contributed by atoms with E-state index < -0.39 is 0 Å². The number of hydrogen-bond donors (Lipinski definition) is 2. The van der Waals surface area contributed by atoms with Crippen molar-refractivity contribution in [1.82, 2.24) is 20.3 Å². The Bertz CT molecular complexity index is 1060. The zero-order valence-electron chi connectivity index (χ0n) is 17.1. The highest BCUT2D eigenvalue weighted by Crippen LogP contribution is 2.22. The molecule has 1 saturated heterocycles. The van der Waals surface area contributed by atoms with E-state index in [4.69, 9.17) is 4.74 Å². The molecule has 3 aromatic rings. The standard InChI is InChI=1S/C22H23FN6O2/c1-24-20(30)15-4-2-6-17(12-15)27-21-25-14-26-22(28-21)29-10-8-18(9-11-29)31-19-7-3-5-16(23)13-19/h2-7,12-14,18H,8-11H2,1H3,(H,24,30)(H,25,26,27,28). The largest absolute Gasteiger partial charge is 0.490 e. The minimum Gasteiger partial charge on any atom is -0.490 e. The Morgan fingerprint density at radius 1 is 1.13 bits per heavy atom. The van der Waals surface area contributed by atoms with Gasteiger partial charge in [0.2, 0.25) is 11.9 Å². The highest BCUT2D eigenvalue weighted by Gasteiger charge is 2.23. The zero-order chi connectivity index (χ0) is 21.6. The maximum Gasteiger partial charge on any atom is 0.251 e. The Balaban J connectivity index is 1.37. The van der Waals surface area contributed by atoms with E-state index >= 15 is 0 Å². The summed E-state index contributed by atoms with van der Waals surface area (Å²) in [6.07, 6.45) is 3.03. The summed E-state index contributed by atoms with van der Waals surface area (Å²) in [6, 6.07) is 13.3. The third-order valence-electron chi connectivity index (χ3n) is 4.99. The van der Waals surface area contributed by atoms with Crippen molar-refractivity contribution in [2.24, 2.45) is 0 Å². The Labute approximate surface area is 179 Å². The van der Waals surface area contributed by atoms with E-state index in [0.717, 1.165) is 25.9 Å². The second kappa shape index (κ2) is 9.38. The summed E-state index contributed by atoms with van der Waals surface area (Å²) in [5.74, 6) is 1.05. The van der Waals surface area contributed by atoms with Gasteiger partial charge < -0.3 is 20.3 Å². The summed E-state index contributed by atoms with van der Waals surface area (Å²) >= 11 is 0. The average molecular weight is 422 g/mol. The number of carbonyl (C=O) groups excluding carboxylic acids is 1. The van der Waals surface area contributed by atoms with Crippen LogP contribution in [0, 0.1) is 5.82 Å². The van der Waals surface area contributed by atoms with Crippen LogP contribution in [0.1, 0.15) is 23.2 Å². The summed E-state index contributed by atoms with van der Waals surface area (Å²) in [6.45, 7) is 1.44. The van der Waals surface area contributed by atoms with Crippen LogP contribution in [0.3, 0.4) is 0 Å². The van der Waals surface area contributed by atoms with Gasteiger partial charge in [-0.05, 0) is 30.3 Å². The summed E-state index contributed by atoms with van der Waals surface area (Å²) in [4.78, 5) is 26.9. The molecule has 31 heavy (non-hydrogen) atoms. The first-order valence-electron chi connectivity index (χ1n) is 10.1. The molecule has 0 atom stereocenters. The van der Waals surface area contributed by atoms with Crippen LogP contribution in [-0.2, 0) is 0 Å². The van der Waals surface area contributed by atoms with Crippen LogP contribution in [0.5, 0.6) is 5.75 Å². The number of hydrogen-bond acceptors (Lipinski definition) is 7. The van der Waals surface area contributed by atoms with Crippen molar-refractivity contribution in [3.8, 4) is 5.75 Å². The van der Waals surface area contributed by atoms with E-state index in [1.165, 1.54) is 18.5 Å². The van der Waals surface area contributed by atoms with Crippen molar-refractivity contribution in [3.63, 3.8) is 0 Å². The van der Waals surface area contributed by atoms with E-state index in [2.05, 4.69) is 30.5 Å². The lowest BCUT2D eigenvalue weighted by atomic mass is 10.1. The third-order valence-corrected chi connectivity index (χ3v) is 4.99. The van der Waals surface area contributed by atoms with Crippen molar-refractivity contribution < 1.29 is 13.9 Å². The van der Waals surface area contributed by atoms with Gasteiger partial charge in [-0.3, -0.25) is 4.79 Å². The minimum absolute atomic E-state index is 0.0185. The molecule has 0 unspecified atom stereocenters. The van der Waals surface area contributed by atoms with Gasteiger partial charge in [-0.25, -0.2) is 14.4 Å². The molecule has 1 aromatic heterocycles. The molecule has 1 aliphatic rings. The molecule has 2 aromatic carbocycles. The van der Waals surface area contributed by atoms with E-state index in [1.807, 2.05) is 6.07 Å². The number of nitrogens with zero attached hydrogens (tertiary/aromatic N) is 4. The molecule has 2 heterocycles. The van der Waals surface area contributed by atoms with E-state index in [9.17, 15) is 9.18 Å². The fraction of sp³-hybridized carbons (Fsp3) is 0.273. The number of aromatic nitrogens is 3. The van der Waals surface area contributed by atoms with Gasteiger partial charge in [0.05, 0.1) is 0 Å². The van der Waals surface area contributed by atoms with Crippen molar-refractivity contribution in [2.45, 2.75) is 18.9 Å². The number of piperidine rings is 1. The number of anilines is 3. The number of ether oxygens (including phenoxy) is 1. The molecule has 0 bridgehead atoms. The van der Waals surface area contributed by atoms with Crippen molar-refractivity contribution >= 4 is 23.5 Å². The Kier molecular flexibility index (Phi) is 6.21. The second-order valence-corrected chi connectivity index (χ2v) is 7.16. The molecule has 0 spiro atoms. The van der Waals surface area contributed by atoms with Gasteiger partial charge in [-0.2, -0.15) is 4.98 Å². The normalized spacial score (nSPS) is 14.2. The molecule has 9 heteroatoms. The molecule has 160 valence electrons. The monoisotopic (exact) mass is 422 g/mol. The molecule has 1 aliphatic heterocycles. The molecule has 8 nitrogen and oxygen atoms in total. The maximum absolute atomic E-state index is 13.3. The summed E-state index contributed by atoms with van der Waals surface area (Å²) in [5, 5.41) is 5.72. The van der Waals surface area contributed by atoms with Crippen LogP contribution >= 0.6 is 0 Å². The summed E-state index contributed by atoms with van der Waals surface area (Å²) < 4.78 is 19.2. The van der Waals surface area contributed by atoms with Gasteiger partial charge in [0.15, 0.2) is 0 Å². The maximum atomic E-state index is 13.3. The first kappa shape index (κ1) is 20.5. The molecule has 1 amide bonds. The van der Waals surface area contributed by atoms with E-state index in [-0.39, 0.29) is 17.8 Å². The number of halogens is 1. The fourth-order valence-corrected chi connectivity index (χ4v) is 3.42. The van der Waals surface area contributed by atoms with Crippen LogP contribution < -0.4 is 20.3 Å². The molecule has 0 saturated carbocycles. The van der Waals surface area contributed by atoms with Gasteiger partial charge >= 0.3 is 0 Å². The molecule has 0 radical (unpaired) electrons. The fourth-order valence-electron chi connectivity index (χ4n) is 3.42. The highest BCUT2D eigenvalue weighted by molar-refractivity contribution is 5.95. The zero-order valence-corrected chi connectivity index (χ0v) is 17.1. The number of benzene rings is 2. The summed E-state index contributed by atoms with van der Waals surface area (Å²) in [5.41, 5.74) is 1.25. The lowest BCUT2D eigenvalue weighted by Gasteiger charge is -2.32. The van der Waals surface area contributed by atoms with E-state index in [1.54, 1.807) is 37.4 Å². The quantitative estimate of drug-likeness (QED) is 0.630. The molecular weight excluding hydrogens is 399 g/mol. The van der Waals surface area contributed by atoms with Crippen LogP contribution in [0.4, 0.5) is 22.0 Å². The van der Waals surface area contributed by atoms with Crippen LogP contribution in [0.2, 0.25) is 0 Å². The number of rotatable bonds is 6. The van der Waals surface area contributed by atoms with Crippen LogP contribution in [-0.4, -0.2) is 47.1 Å². The predicted octanol–water partition coefficient (Wildman–Crippen LogP) is 3.16. The van der Waals surface area contributed by atoms with Crippen molar-refractivity contribution in [1.29, 1.82) is 0 Å². The molecule has 4 rings (SSSR count). The first-order valence-corrected chi connectivity index (χ1v) is 10.1. The highest BCUT2D eigenvalue weighted by atomic mass is 19.1. The molecule has 2 N–H and O–H groups in total. The van der Waals surface area contributed by atoms with Crippen LogP contribution in [0.25, 0.3) is 0 Å². The van der Waals surface area contributed by atoms with Gasteiger partial charge in [0.25, 0.3) is 5.91 Å². The summed E-state index contributed by atoms with van der Waals surface area (Å²) in [7, 11) is 1.59. The SMILES string of the molecule is CNC(=O)c1cccc(Nc2ncnc(N3CCC(Oc4cccc(F)c4)CC3)n2)c1. The molecular formula is C22H23FN6O2. The lowest BCUT2D eigenvalue weighted by Crippen LogP contribution is -2.39. The van der Waals surface area contributed by atoms with Crippen molar-refractivity contribution in [2.75, 3.05) is 30.4 Å². The number of carbonyl (C=O) groups is 1. The van der Waals surface area contributed by atoms with E-state index in [0.29, 0.717) is 28.9 Å². The number of nitrogens with one attached hydrogen (secondary N) is 2. The molecule has 0 aliphatic carbocycles. The van der Waals surface area contributed by atoms with Crippen molar-refractivity contribution in [3.05, 3.63) is 66.2 Å². The van der Waals surface area contributed by atoms with Gasteiger partial charge in [-0.15, -0.1) is 0 Å². The molecule has 1 fully saturated rings. The van der Waals surface area contributed by atoms with Crippen LogP contribution in [0.15, 0.2) is 54.9 Å². The van der Waals surface area contributed by atoms with Gasteiger partial charge in [0, 0.05) is 50.3 Å². The first-order chi connectivity index (χ1) is 15.1. The Morgan fingerprint density at radius 3 is 2.71 bits per heavy atom. The van der Waals surface area contributed by atoms with Gasteiger partial charge in [-0.1, -0.05) is 12.1 Å². The predicted molar refractivity (Wildman–Crippen MR) is 115 cm³/mol.